The molecule has 0 aliphatic carbocycles. The van der Waals surface area contributed by atoms with Crippen LogP contribution in [-0.4, -0.2) is 70.0 Å². The standard InChI is InChI=1S/C22H26N2O6S/c1-29-21(25)18-9-10-19(22(26)30-2)20(15-18)31(27,28)24-12-6-11-23(13-14-24)16-17-7-4-3-5-8-17/h3-5,7-10,15H,6,11-14,16H2,1-2H3. The van der Waals surface area contributed by atoms with Gasteiger partial charge in [0.15, 0.2) is 0 Å². The highest BCUT2D eigenvalue weighted by Crippen LogP contribution is 2.25. The average molecular weight is 447 g/mol. The zero-order chi connectivity index (χ0) is 22.4. The van der Waals surface area contributed by atoms with Gasteiger partial charge in [-0.25, -0.2) is 18.0 Å². The van der Waals surface area contributed by atoms with E-state index in [1.807, 2.05) is 30.3 Å². The second-order valence-corrected chi connectivity index (χ2v) is 9.12. The molecule has 2 aromatic carbocycles. The molecule has 1 saturated heterocycles. The maximum Gasteiger partial charge on any atom is 0.339 e. The van der Waals surface area contributed by atoms with Crippen LogP contribution in [0.1, 0.15) is 32.7 Å². The van der Waals surface area contributed by atoms with Gasteiger partial charge in [0.25, 0.3) is 0 Å². The molecule has 0 unspecified atom stereocenters. The molecule has 166 valence electrons. The van der Waals surface area contributed by atoms with Crippen molar-refractivity contribution in [2.45, 2.75) is 17.9 Å². The van der Waals surface area contributed by atoms with Crippen molar-refractivity contribution in [1.29, 1.82) is 0 Å². The minimum Gasteiger partial charge on any atom is -0.465 e. The molecule has 2 aromatic rings. The van der Waals surface area contributed by atoms with Gasteiger partial charge in [-0.15, -0.1) is 0 Å². The van der Waals surface area contributed by atoms with Gasteiger partial charge < -0.3 is 9.47 Å². The Hall–Kier alpha value is -2.75. The van der Waals surface area contributed by atoms with Crippen molar-refractivity contribution in [3.63, 3.8) is 0 Å². The van der Waals surface area contributed by atoms with E-state index in [2.05, 4.69) is 4.90 Å². The number of benzene rings is 2. The highest BCUT2D eigenvalue weighted by Gasteiger charge is 2.32. The predicted molar refractivity (Wildman–Crippen MR) is 114 cm³/mol. The summed E-state index contributed by atoms with van der Waals surface area (Å²) in [6, 6.07) is 13.8. The number of rotatable bonds is 6. The lowest BCUT2D eigenvalue weighted by Gasteiger charge is -2.23. The van der Waals surface area contributed by atoms with E-state index in [0.717, 1.165) is 18.7 Å². The van der Waals surface area contributed by atoms with E-state index in [1.165, 1.54) is 36.7 Å². The summed E-state index contributed by atoms with van der Waals surface area (Å²) < 4.78 is 37.7. The topological polar surface area (TPSA) is 93.2 Å². The van der Waals surface area contributed by atoms with Crippen molar-refractivity contribution in [2.24, 2.45) is 0 Å². The quantitative estimate of drug-likeness (QED) is 0.628. The molecule has 1 heterocycles. The second-order valence-electron chi connectivity index (χ2n) is 7.21. The van der Waals surface area contributed by atoms with Crippen LogP contribution in [-0.2, 0) is 26.0 Å². The zero-order valence-corrected chi connectivity index (χ0v) is 18.4. The third kappa shape index (κ3) is 5.30. The summed E-state index contributed by atoms with van der Waals surface area (Å²) >= 11 is 0. The second kappa shape index (κ2) is 10.0. The fraction of sp³-hybridized carbons (Fsp3) is 0.364. The smallest absolute Gasteiger partial charge is 0.339 e. The summed E-state index contributed by atoms with van der Waals surface area (Å²) in [7, 11) is -1.64. The number of ether oxygens (including phenoxy) is 2. The van der Waals surface area contributed by atoms with Crippen LogP contribution >= 0.6 is 0 Å². The summed E-state index contributed by atoms with van der Waals surface area (Å²) in [5.74, 6) is -1.46. The van der Waals surface area contributed by atoms with Gasteiger partial charge in [-0.05, 0) is 36.7 Å². The molecule has 3 rings (SSSR count). The Balaban J connectivity index is 1.86. The van der Waals surface area contributed by atoms with Crippen LogP contribution in [0.5, 0.6) is 0 Å². The highest BCUT2D eigenvalue weighted by atomic mass is 32.2. The third-order valence-electron chi connectivity index (χ3n) is 5.22. The van der Waals surface area contributed by atoms with Crippen molar-refractivity contribution >= 4 is 22.0 Å². The van der Waals surface area contributed by atoms with Gasteiger partial charge in [-0.1, -0.05) is 30.3 Å². The lowest BCUT2D eigenvalue weighted by Crippen LogP contribution is -2.36. The summed E-state index contributed by atoms with van der Waals surface area (Å²) in [5.41, 5.74) is 1.10. The SMILES string of the molecule is COC(=O)c1ccc(C(=O)OC)c(S(=O)(=O)N2CCCN(Cc3ccccc3)CC2)c1. The monoisotopic (exact) mass is 446 g/mol. The molecule has 0 radical (unpaired) electrons. The summed E-state index contributed by atoms with van der Waals surface area (Å²) in [6.45, 7) is 2.64. The summed E-state index contributed by atoms with van der Waals surface area (Å²) in [4.78, 5) is 26.1. The average Bonchev–Trinajstić information content (AvgIpc) is 3.04. The zero-order valence-electron chi connectivity index (χ0n) is 17.6. The van der Waals surface area contributed by atoms with E-state index in [-0.39, 0.29) is 22.6 Å². The lowest BCUT2D eigenvalue weighted by molar-refractivity contribution is 0.0583. The van der Waals surface area contributed by atoms with Gasteiger partial charge >= 0.3 is 11.9 Å². The Morgan fingerprint density at radius 1 is 0.903 bits per heavy atom. The first-order valence-corrected chi connectivity index (χ1v) is 11.4. The number of sulfonamides is 1. The molecule has 8 nitrogen and oxygen atoms in total. The molecule has 31 heavy (non-hydrogen) atoms. The number of esters is 2. The molecule has 0 bridgehead atoms. The van der Waals surface area contributed by atoms with Crippen molar-refractivity contribution in [3.8, 4) is 0 Å². The Kier molecular flexibility index (Phi) is 7.42. The fourth-order valence-corrected chi connectivity index (χ4v) is 5.26. The normalized spacial score (nSPS) is 15.8. The largest absolute Gasteiger partial charge is 0.465 e. The number of nitrogens with zero attached hydrogens (tertiary/aromatic N) is 2. The Morgan fingerprint density at radius 2 is 1.61 bits per heavy atom. The van der Waals surface area contributed by atoms with E-state index >= 15 is 0 Å². The number of hydrogen-bond acceptors (Lipinski definition) is 7. The van der Waals surface area contributed by atoms with Gasteiger partial charge in [-0.3, -0.25) is 4.90 Å². The Labute approximate surface area is 182 Å². The van der Waals surface area contributed by atoms with Crippen LogP contribution in [0.25, 0.3) is 0 Å². The highest BCUT2D eigenvalue weighted by molar-refractivity contribution is 7.89. The molecular weight excluding hydrogens is 420 g/mol. The van der Waals surface area contributed by atoms with Gasteiger partial charge in [0, 0.05) is 26.2 Å². The van der Waals surface area contributed by atoms with Crippen molar-refractivity contribution in [1.82, 2.24) is 9.21 Å². The molecule has 9 heteroatoms. The Morgan fingerprint density at radius 3 is 2.29 bits per heavy atom. The molecule has 0 aromatic heterocycles. The maximum absolute atomic E-state index is 13.5. The minimum absolute atomic E-state index is 0.0502. The molecule has 0 spiro atoms. The molecular formula is C22H26N2O6S. The van der Waals surface area contributed by atoms with Crippen molar-refractivity contribution in [2.75, 3.05) is 40.4 Å². The van der Waals surface area contributed by atoms with Gasteiger partial charge in [0.1, 0.15) is 0 Å². The number of carbonyl (C=O) groups is 2. The first-order valence-electron chi connectivity index (χ1n) is 9.94. The molecule has 0 N–H and O–H groups in total. The van der Waals surface area contributed by atoms with Crippen molar-refractivity contribution in [3.05, 3.63) is 65.2 Å². The van der Waals surface area contributed by atoms with E-state index in [9.17, 15) is 18.0 Å². The van der Waals surface area contributed by atoms with Crippen LogP contribution in [0, 0.1) is 0 Å². The first kappa shape index (κ1) is 22.9. The molecule has 0 atom stereocenters. The predicted octanol–water partition coefficient (Wildman–Crippen LogP) is 2.16. The van der Waals surface area contributed by atoms with Gasteiger partial charge in [0.05, 0.1) is 30.2 Å². The lowest BCUT2D eigenvalue weighted by atomic mass is 10.1. The number of carbonyl (C=O) groups excluding carboxylic acids is 2. The van der Waals surface area contributed by atoms with E-state index in [4.69, 9.17) is 9.47 Å². The van der Waals surface area contributed by atoms with Crippen LogP contribution in [0.3, 0.4) is 0 Å². The fourth-order valence-electron chi connectivity index (χ4n) is 3.59. The molecule has 1 fully saturated rings. The van der Waals surface area contributed by atoms with E-state index in [0.29, 0.717) is 19.5 Å². The number of hydrogen-bond donors (Lipinski definition) is 0. The van der Waals surface area contributed by atoms with Crippen LogP contribution in [0.15, 0.2) is 53.4 Å². The van der Waals surface area contributed by atoms with Crippen LogP contribution < -0.4 is 0 Å². The van der Waals surface area contributed by atoms with Gasteiger partial charge in [-0.2, -0.15) is 4.31 Å². The van der Waals surface area contributed by atoms with Gasteiger partial charge in [0.2, 0.25) is 10.0 Å². The first-order chi connectivity index (χ1) is 14.9. The van der Waals surface area contributed by atoms with Crippen LogP contribution in [0.2, 0.25) is 0 Å². The third-order valence-corrected chi connectivity index (χ3v) is 7.16. The Bertz CT molecular complexity index is 1040. The molecule has 1 aliphatic rings. The molecule has 0 amide bonds. The van der Waals surface area contributed by atoms with E-state index in [1.54, 1.807) is 0 Å². The summed E-state index contributed by atoms with van der Waals surface area (Å²) in [6.07, 6.45) is 0.649. The molecule has 1 aliphatic heterocycles. The minimum atomic E-state index is -4.03. The van der Waals surface area contributed by atoms with Crippen molar-refractivity contribution < 1.29 is 27.5 Å². The maximum atomic E-state index is 13.5. The molecule has 0 saturated carbocycles. The van der Waals surface area contributed by atoms with E-state index < -0.39 is 22.0 Å². The summed E-state index contributed by atoms with van der Waals surface area (Å²) in [5, 5.41) is 0. The number of methoxy groups -OCH3 is 2. The van der Waals surface area contributed by atoms with Crippen LogP contribution in [0.4, 0.5) is 0 Å².